The van der Waals surface area contributed by atoms with E-state index in [0.29, 0.717) is 6.61 Å². The molecule has 0 aromatic rings. The van der Waals surface area contributed by atoms with Crippen molar-refractivity contribution in [3.8, 4) is 12.3 Å². The number of carbonyl (C=O) groups excluding carboxylic acids is 1. The lowest BCUT2D eigenvalue weighted by Gasteiger charge is -2.02. The maximum absolute atomic E-state index is 10.6. The Morgan fingerprint density at radius 2 is 1.50 bits per heavy atom. The van der Waals surface area contributed by atoms with E-state index in [-0.39, 0.29) is 0 Å². The van der Waals surface area contributed by atoms with Gasteiger partial charge in [-0.05, 0) is 12.8 Å². The van der Waals surface area contributed by atoms with E-state index in [2.05, 4.69) is 0 Å². The van der Waals surface area contributed by atoms with Gasteiger partial charge in [0.2, 0.25) is 0 Å². The number of hydrogen-bond acceptors (Lipinski definition) is 2. The molecule has 0 aliphatic heterocycles. The second-order valence-electron chi connectivity index (χ2n) is 3.80. The quantitative estimate of drug-likeness (QED) is 0.193. The second-order valence-corrected chi connectivity index (χ2v) is 4.18. The summed E-state index contributed by atoms with van der Waals surface area (Å²) in [5.41, 5.74) is 0. The molecule has 0 rings (SSSR count). The smallest absolute Gasteiger partial charge is 0.384 e. The number of rotatable bonds is 10. The van der Waals surface area contributed by atoms with Gasteiger partial charge in [0.05, 0.1) is 6.61 Å². The van der Waals surface area contributed by atoms with Crippen LogP contribution in [-0.4, -0.2) is 18.5 Å². The Hall–Kier alpha value is -0.680. The van der Waals surface area contributed by atoms with Crippen molar-refractivity contribution >= 4 is 17.6 Å². The van der Waals surface area contributed by atoms with Gasteiger partial charge in [0.25, 0.3) is 0 Å². The van der Waals surface area contributed by atoms with Crippen molar-refractivity contribution in [2.24, 2.45) is 0 Å². The molecule has 0 unspecified atom stereocenters. The van der Waals surface area contributed by atoms with Crippen LogP contribution in [-0.2, 0) is 9.53 Å². The van der Waals surface area contributed by atoms with E-state index in [1.165, 1.54) is 32.1 Å². The van der Waals surface area contributed by atoms with Gasteiger partial charge in [-0.1, -0.05) is 38.5 Å². The SMILES string of the molecule is C#CC(=O)OCCCCCCCCCCCl. The average molecular weight is 245 g/mol. The van der Waals surface area contributed by atoms with E-state index in [1.807, 2.05) is 5.92 Å². The van der Waals surface area contributed by atoms with Gasteiger partial charge in [-0.15, -0.1) is 18.0 Å². The number of terminal acetylenes is 1. The Balaban J connectivity index is 2.99. The van der Waals surface area contributed by atoms with Gasteiger partial charge in [0, 0.05) is 11.8 Å². The van der Waals surface area contributed by atoms with Crippen molar-refractivity contribution in [1.29, 1.82) is 0 Å². The molecule has 0 aromatic carbocycles. The monoisotopic (exact) mass is 244 g/mol. The second kappa shape index (κ2) is 12.4. The van der Waals surface area contributed by atoms with E-state index in [9.17, 15) is 4.79 Å². The fraction of sp³-hybridized carbons (Fsp3) is 0.769. The first-order valence-electron chi connectivity index (χ1n) is 6.00. The highest BCUT2D eigenvalue weighted by Gasteiger charge is 1.96. The summed E-state index contributed by atoms with van der Waals surface area (Å²) in [6, 6.07) is 0. The van der Waals surface area contributed by atoms with E-state index in [0.717, 1.165) is 25.1 Å². The number of unbranched alkanes of at least 4 members (excludes halogenated alkanes) is 7. The van der Waals surface area contributed by atoms with Gasteiger partial charge >= 0.3 is 5.97 Å². The van der Waals surface area contributed by atoms with Gasteiger partial charge in [0.1, 0.15) is 0 Å². The van der Waals surface area contributed by atoms with Crippen molar-refractivity contribution in [1.82, 2.24) is 0 Å². The van der Waals surface area contributed by atoms with Crippen LogP contribution in [0.3, 0.4) is 0 Å². The lowest BCUT2D eigenvalue weighted by Crippen LogP contribution is -2.02. The highest BCUT2D eigenvalue weighted by Crippen LogP contribution is 2.08. The molecule has 0 spiro atoms. The summed E-state index contributed by atoms with van der Waals surface area (Å²) < 4.78 is 4.76. The van der Waals surface area contributed by atoms with Crippen LogP contribution >= 0.6 is 11.6 Å². The van der Waals surface area contributed by atoms with Crippen LogP contribution in [0.15, 0.2) is 0 Å². The topological polar surface area (TPSA) is 26.3 Å². The Bertz CT molecular complexity index is 208. The zero-order valence-corrected chi connectivity index (χ0v) is 10.6. The minimum atomic E-state index is -0.555. The first-order valence-corrected chi connectivity index (χ1v) is 6.54. The fourth-order valence-corrected chi connectivity index (χ4v) is 1.65. The van der Waals surface area contributed by atoms with Crippen molar-refractivity contribution in [3.05, 3.63) is 0 Å². The molecule has 0 atom stereocenters. The summed E-state index contributed by atoms with van der Waals surface area (Å²) in [4.78, 5) is 10.6. The highest BCUT2D eigenvalue weighted by atomic mass is 35.5. The van der Waals surface area contributed by atoms with Crippen LogP contribution in [0.25, 0.3) is 0 Å². The lowest BCUT2D eigenvalue weighted by atomic mass is 10.1. The largest absolute Gasteiger partial charge is 0.456 e. The third-order valence-electron chi connectivity index (χ3n) is 2.38. The summed E-state index contributed by atoms with van der Waals surface area (Å²) in [6.45, 7) is 0.454. The van der Waals surface area contributed by atoms with Gasteiger partial charge < -0.3 is 4.74 Å². The van der Waals surface area contributed by atoms with Crippen molar-refractivity contribution < 1.29 is 9.53 Å². The minimum Gasteiger partial charge on any atom is -0.456 e. The fourth-order valence-electron chi connectivity index (χ4n) is 1.46. The van der Waals surface area contributed by atoms with Crippen LogP contribution in [0.4, 0.5) is 0 Å². The Morgan fingerprint density at radius 3 is 2.00 bits per heavy atom. The number of hydrogen-bond donors (Lipinski definition) is 0. The summed E-state index contributed by atoms with van der Waals surface area (Å²) in [7, 11) is 0. The number of halogens is 1. The molecule has 0 amide bonds. The predicted octanol–water partition coefficient (Wildman–Crippen LogP) is 3.52. The van der Waals surface area contributed by atoms with E-state index in [4.69, 9.17) is 22.8 Å². The number of carbonyl (C=O) groups is 1. The molecular formula is C13H21ClO2. The zero-order chi connectivity index (χ0) is 12.1. The third-order valence-corrected chi connectivity index (χ3v) is 2.65. The number of alkyl halides is 1. The molecule has 0 saturated heterocycles. The molecule has 0 heterocycles. The predicted molar refractivity (Wildman–Crippen MR) is 67.4 cm³/mol. The standard InChI is InChI=1S/C13H21ClO2/c1-2-13(15)16-12-10-8-6-4-3-5-7-9-11-14/h1H,3-12H2. The summed E-state index contributed by atoms with van der Waals surface area (Å²) in [5, 5.41) is 0. The molecule has 0 radical (unpaired) electrons. The van der Waals surface area contributed by atoms with Crippen LogP contribution in [0.2, 0.25) is 0 Å². The maximum Gasteiger partial charge on any atom is 0.384 e. The number of ether oxygens (including phenoxy) is 1. The maximum atomic E-state index is 10.6. The molecule has 16 heavy (non-hydrogen) atoms. The zero-order valence-electron chi connectivity index (χ0n) is 9.84. The van der Waals surface area contributed by atoms with E-state index >= 15 is 0 Å². The Kier molecular flexibility index (Phi) is 11.9. The molecular weight excluding hydrogens is 224 g/mol. The number of esters is 1. The van der Waals surface area contributed by atoms with Crippen molar-refractivity contribution in [2.45, 2.75) is 51.4 Å². The van der Waals surface area contributed by atoms with Gasteiger partial charge in [-0.25, -0.2) is 4.79 Å². The Morgan fingerprint density at radius 1 is 1.00 bits per heavy atom. The van der Waals surface area contributed by atoms with Gasteiger partial charge in [-0.3, -0.25) is 0 Å². The molecule has 0 aliphatic carbocycles. The minimum absolute atomic E-state index is 0.454. The molecule has 0 saturated carbocycles. The van der Waals surface area contributed by atoms with Crippen LogP contribution < -0.4 is 0 Å². The molecule has 0 fully saturated rings. The molecule has 0 bridgehead atoms. The average Bonchev–Trinajstić information content (AvgIpc) is 2.31. The molecule has 92 valence electrons. The van der Waals surface area contributed by atoms with Gasteiger partial charge in [0.15, 0.2) is 0 Å². The molecule has 0 N–H and O–H groups in total. The molecule has 2 nitrogen and oxygen atoms in total. The van der Waals surface area contributed by atoms with E-state index < -0.39 is 5.97 Å². The first kappa shape index (κ1) is 15.3. The van der Waals surface area contributed by atoms with Crippen LogP contribution in [0.1, 0.15) is 51.4 Å². The third kappa shape index (κ3) is 11.4. The van der Waals surface area contributed by atoms with Crippen molar-refractivity contribution in [2.75, 3.05) is 12.5 Å². The molecule has 3 heteroatoms. The Labute approximate surface area is 104 Å². The highest BCUT2D eigenvalue weighted by molar-refractivity contribution is 6.17. The van der Waals surface area contributed by atoms with Crippen molar-refractivity contribution in [3.63, 3.8) is 0 Å². The van der Waals surface area contributed by atoms with Gasteiger partial charge in [-0.2, -0.15) is 0 Å². The van der Waals surface area contributed by atoms with Crippen LogP contribution in [0, 0.1) is 12.3 Å². The first-order chi connectivity index (χ1) is 7.81. The lowest BCUT2D eigenvalue weighted by molar-refractivity contribution is -0.136. The van der Waals surface area contributed by atoms with Crippen LogP contribution in [0.5, 0.6) is 0 Å². The summed E-state index contributed by atoms with van der Waals surface area (Å²) in [6.07, 6.45) is 14.3. The van der Waals surface area contributed by atoms with E-state index in [1.54, 1.807) is 0 Å². The molecule has 0 aliphatic rings. The summed E-state index contributed by atoms with van der Waals surface area (Å²) >= 11 is 5.58. The summed E-state index contributed by atoms with van der Waals surface area (Å²) in [5.74, 6) is 2.15. The molecule has 0 aromatic heterocycles. The normalized spacial score (nSPS) is 9.75.